The molecule has 2 aromatic rings. The van der Waals surface area contributed by atoms with E-state index >= 15 is 0 Å². The Morgan fingerprint density at radius 3 is 2.71 bits per heavy atom. The minimum Gasteiger partial charge on any atom is -0.346 e. The fourth-order valence-electron chi connectivity index (χ4n) is 1.65. The van der Waals surface area contributed by atoms with E-state index < -0.39 is 0 Å². The summed E-state index contributed by atoms with van der Waals surface area (Å²) >= 11 is 5.73. The summed E-state index contributed by atoms with van der Waals surface area (Å²) in [4.78, 5) is 11.6. The average Bonchev–Trinajstić information content (AvgIpc) is 2.58. The van der Waals surface area contributed by atoms with E-state index in [4.69, 9.17) is 17.3 Å². The number of nitrogens with one attached hydrogen (secondary N) is 1. The molecular weight excluding hydrogens is 236 g/mol. The van der Waals surface area contributed by atoms with Gasteiger partial charge >= 0.3 is 0 Å². The lowest BCUT2D eigenvalue weighted by atomic mass is 10.1. The van der Waals surface area contributed by atoms with Gasteiger partial charge in [0.15, 0.2) is 0 Å². The number of aryl methyl sites for hydroxylation is 2. The van der Waals surface area contributed by atoms with Crippen LogP contribution < -0.4 is 5.73 Å². The first-order chi connectivity index (χ1) is 8.06. The molecule has 3 N–H and O–H groups in total. The van der Waals surface area contributed by atoms with Crippen LogP contribution in [0.3, 0.4) is 0 Å². The first kappa shape index (κ1) is 12.1. The SMILES string of the molecule is Cc1nc(CC(N)c2ccc(Cl)nc2)[nH]c1C. The van der Waals surface area contributed by atoms with Crippen molar-refractivity contribution in [3.05, 3.63) is 46.3 Å². The molecule has 1 unspecified atom stereocenters. The highest BCUT2D eigenvalue weighted by Gasteiger charge is 2.10. The second-order valence-corrected chi connectivity index (χ2v) is 4.51. The molecule has 0 aliphatic carbocycles. The predicted octanol–water partition coefficient (Wildman–Crippen LogP) is 2.32. The number of nitrogens with zero attached hydrogens (tertiary/aromatic N) is 2. The summed E-state index contributed by atoms with van der Waals surface area (Å²) < 4.78 is 0. The Kier molecular flexibility index (Phi) is 3.45. The third-order valence-electron chi connectivity index (χ3n) is 2.77. The highest BCUT2D eigenvalue weighted by atomic mass is 35.5. The molecule has 0 saturated carbocycles. The van der Waals surface area contributed by atoms with Crippen LogP contribution in [0, 0.1) is 13.8 Å². The molecule has 0 spiro atoms. The van der Waals surface area contributed by atoms with Gasteiger partial charge in [0.1, 0.15) is 11.0 Å². The zero-order valence-electron chi connectivity index (χ0n) is 9.87. The van der Waals surface area contributed by atoms with Crippen molar-refractivity contribution in [2.75, 3.05) is 0 Å². The Bertz CT molecular complexity index is 484. The van der Waals surface area contributed by atoms with Crippen LogP contribution in [0.4, 0.5) is 0 Å². The topological polar surface area (TPSA) is 67.6 Å². The molecule has 0 amide bonds. The summed E-state index contributed by atoms with van der Waals surface area (Å²) in [5, 5.41) is 0.477. The van der Waals surface area contributed by atoms with Gasteiger partial charge < -0.3 is 10.7 Å². The second-order valence-electron chi connectivity index (χ2n) is 4.12. The van der Waals surface area contributed by atoms with Gasteiger partial charge in [0.05, 0.1) is 5.69 Å². The quantitative estimate of drug-likeness (QED) is 0.822. The molecule has 1 atom stereocenters. The molecule has 0 radical (unpaired) electrons. The molecule has 2 aromatic heterocycles. The maximum absolute atomic E-state index is 6.09. The van der Waals surface area contributed by atoms with Crippen LogP contribution in [0.2, 0.25) is 5.15 Å². The van der Waals surface area contributed by atoms with Gasteiger partial charge in [-0.15, -0.1) is 0 Å². The molecule has 2 heterocycles. The van der Waals surface area contributed by atoms with Crippen molar-refractivity contribution in [2.24, 2.45) is 5.73 Å². The number of aromatic nitrogens is 3. The van der Waals surface area contributed by atoms with E-state index in [-0.39, 0.29) is 6.04 Å². The third-order valence-corrected chi connectivity index (χ3v) is 2.99. The number of imidazole rings is 1. The fourth-order valence-corrected chi connectivity index (χ4v) is 1.76. The van der Waals surface area contributed by atoms with E-state index in [1.807, 2.05) is 19.9 Å². The van der Waals surface area contributed by atoms with Gasteiger partial charge in [-0.25, -0.2) is 9.97 Å². The lowest BCUT2D eigenvalue weighted by Gasteiger charge is -2.09. The minimum atomic E-state index is -0.121. The zero-order valence-corrected chi connectivity index (χ0v) is 10.6. The van der Waals surface area contributed by atoms with Crippen molar-refractivity contribution in [1.29, 1.82) is 0 Å². The number of aromatic amines is 1. The van der Waals surface area contributed by atoms with Crippen molar-refractivity contribution in [2.45, 2.75) is 26.3 Å². The lowest BCUT2D eigenvalue weighted by molar-refractivity contribution is 0.690. The van der Waals surface area contributed by atoms with Crippen LogP contribution >= 0.6 is 11.6 Å². The van der Waals surface area contributed by atoms with E-state index in [2.05, 4.69) is 15.0 Å². The van der Waals surface area contributed by atoms with E-state index in [1.165, 1.54) is 0 Å². The van der Waals surface area contributed by atoms with Gasteiger partial charge in [-0.3, -0.25) is 0 Å². The molecule has 0 aromatic carbocycles. The number of pyridine rings is 1. The number of rotatable bonds is 3. The first-order valence-corrected chi connectivity index (χ1v) is 5.83. The van der Waals surface area contributed by atoms with E-state index in [0.29, 0.717) is 11.6 Å². The maximum atomic E-state index is 6.09. The lowest BCUT2D eigenvalue weighted by Crippen LogP contribution is -2.14. The maximum Gasteiger partial charge on any atom is 0.129 e. The van der Waals surface area contributed by atoms with Crippen molar-refractivity contribution >= 4 is 11.6 Å². The van der Waals surface area contributed by atoms with Gasteiger partial charge in [0.2, 0.25) is 0 Å². The average molecular weight is 251 g/mol. The van der Waals surface area contributed by atoms with E-state index in [1.54, 1.807) is 12.3 Å². The number of halogens is 1. The second kappa shape index (κ2) is 4.85. The van der Waals surface area contributed by atoms with Crippen LogP contribution in [-0.2, 0) is 6.42 Å². The number of H-pyrrole nitrogens is 1. The molecule has 0 saturated heterocycles. The molecule has 0 fully saturated rings. The normalized spacial score (nSPS) is 12.7. The predicted molar refractivity (Wildman–Crippen MR) is 67.9 cm³/mol. The Hall–Kier alpha value is -1.39. The Morgan fingerprint density at radius 1 is 1.41 bits per heavy atom. The summed E-state index contributed by atoms with van der Waals surface area (Å²) in [5.41, 5.74) is 9.15. The van der Waals surface area contributed by atoms with Crippen molar-refractivity contribution in [1.82, 2.24) is 15.0 Å². The smallest absolute Gasteiger partial charge is 0.129 e. The zero-order chi connectivity index (χ0) is 12.4. The molecule has 90 valence electrons. The standard InChI is InChI=1S/C12H15ClN4/c1-7-8(2)17-12(16-7)5-10(14)9-3-4-11(13)15-6-9/h3-4,6,10H,5,14H2,1-2H3,(H,16,17). The van der Waals surface area contributed by atoms with Gasteiger partial charge in [0.25, 0.3) is 0 Å². The Labute approximate surface area is 105 Å². The minimum absolute atomic E-state index is 0.121. The highest BCUT2D eigenvalue weighted by Crippen LogP contribution is 2.16. The largest absolute Gasteiger partial charge is 0.346 e. The summed E-state index contributed by atoms with van der Waals surface area (Å²) in [7, 11) is 0. The van der Waals surface area contributed by atoms with Gasteiger partial charge in [-0.2, -0.15) is 0 Å². The number of hydrogen-bond acceptors (Lipinski definition) is 3. The van der Waals surface area contributed by atoms with Crippen molar-refractivity contribution in [3.63, 3.8) is 0 Å². The van der Waals surface area contributed by atoms with E-state index in [9.17, 15) is 0 Å². The molecule has 2 rings (SSSR count). The van der Waals surface area contributed by atoms with Crippen molar-refractivity contribution in [3.8, 4) is 0 Å². The first-order valence-electron chi connectivity index (χ1n) is 5.45. The third kappa shape index (κ3) is 2.84. The summed E-state index contributed by atoms with van der Waals surface area (Å²) in [6.07, 6.45) is 2.37. The van der Waals surface area contributed by atoms with Gasteiger partial charge in [-0.1, -0.05) is 17.7 Å². The molecule has 4 nitrogen and oxygen atoms in total. The van der Waals surface area contributed by atoms with Crippen LogP contribution in [0.5, 0.6) is 0 Å². The van der Waals surface area contributed by atoms with E-state index in [0.717, 1.165) is 22.8 Å². The van der Waals surface area contributed by atoms with Crippen LogP contribution in [0.15, 0.2) is 18.3 Å². The van der Waals surface area contributed by atoms with Crippen LogP contribution in [0.25, 0.3) is 0 Å². The molecule has 0 aliphatic rings. The number of nitrogens with two attached hydrogens (primary N) is 1. The highest BCUT2D eigenvalue weighted by molar-refractivity contribution is 6.29. The number of hydrogen-bond donors (Lipinski definition) is 2. The van der Waals surface area contributed by atoms with Crippen LogP contribution in [0.1, 0.15) is 28.8 Å². The molecular formula is C12H15ClN4. The fraction of sp³-hybridized carbons (Fsp3) is 0.333. The van der Waals surface area contributed by atoms with Gasteiger partial charge in [0, 0.05) is 24.4 Å². The summed E-state index contributed by atoms with van der Waals surface area (Å²) in [6, 6.07) is 3.52. The monoisotopic (exact) mass is 250 g/mol. The molecule has 5 heteroatoms. The molecule has 17 heavy (non-hydrogen) atoms. The van der Waals surface area contributed by atoms with Gasteiger partial charge in [-0.05, 0) is 25.5 Å². The Balaban J connectivity index is 2.11. The molecule has 0 bridgehead atoms. The van der Waals surface area contributed by atoms with Crippen LogP contribution in [-0.4, -0.2) is 15.0 Å². The Morgan fingerprint density at radius 2 is 2.18 bits per heavy atom. The molecule has 0 aliphatic heterocycles. The summed E-state index contributed by atoms with van der Waals surface area (Å²) in [6.45, 7) is 3.98. The van der Waals surface area contributed by atoms with Crippen molar-refractivity contribution < 1.29 is 0 Å². The summed E-state index contributed by atoms with van der Waals surface area (Å²) in [5.74, 6) is 0.905.